The molecule has 0 spiro atoms. The summed E-state index contributed by atoms with van der Waals surface area (Å²) in [5.41, 5.74) is 3.46. The van der Waals surface area contributed by atoms with Crippen molar-refractivity contribution < 1.29 is 14.3 Å². The van der Waals surface area contributed by atoms with E-state index in [0.717, 1.165) is 5.56 Å². The van der Waals surface area contributed by atoms with Crippen molar-refractivity contribution in [3.63, 3.8) is 0 Å². The van der Waals surface area contributed by atoms with Crippen LogP contribution in [0, 0.1) is 6.92 Å². The summed E-state index contributed by atoms with van der Waals surface area (Å²) in [5.74, 6) is -0.115. The lowest BCUT2D eigenvalue weighted by atomic mass is 10.1. The van der Waals surface area contributed by atoms with Crippen LogP contribution in [0.1, 0.15) is 11.1 Å². The van der Waals surface area contributed by atoms with Crippen LogP contribution in [0.5, 0.6) is 0 Å². The van der Waals surface area contributed by atoms with Gasteiger partial charge in [-0.05, 0) is 24.1 Å². The van der Waals surface area contributed by atoms with E-state index in [9.17, 15) is 4.79 Å². The van der Waals surface area contributed by atoms with E-state index < -0.39 is 0 Å². The SMILES string of the molecule is COCCOCC(=O)NCc1ccc(N(C)C)c(C)c1. The summed E-state index contributed by atoms with van der Waals surface area (Å²) in [6.45, 7) is 3.58. The molecule has 1 N–H and O–H groups in total. The van der Waals surface area contributed by atoms with Gasteiger partial charge in [-0.2, -0.15) is 0 Å². The molecule has 0 atom stereocenters. The molecule has 0 saturated heterocycles. The molecule has 0 unspecified atom stereocenters. The topological polar surface area (TPSA) is 50.8 Å². The van der Waals surface area contributed by atoms with Crippen LogP contribution < -0.4 is 10.2 Å². The molecule has 0 saturated carbocycles. The lowest BCUT2D eigenvalue weighted by molar-refractivity contribution is -0.126. The number of benzene rings is 1. The summed E-state index contributed by atoms with van der Waals surface area (Å²) in [6, 6.07) is 6.17. The second-order valence-electron chi connectivity index (χ2n) is 4.84. The minimum atomic E-state index is -0.115. The van der Waals surface area contributed by atoms with Crippen LogP contribution in [0.15, 0.2) is 18.2 Å². The average molecular weight is 280 g/mol. The Hall–Kier alpha value is -1.59. The first-order valence-electron chi connectivity index (χ1n) is 6.65. The normalized spacial score (nSPS) is 10.4. The summed E-state index contributed by atoms with van der Waals surface area (Å²) < 4.78 is 9.99. The van der Waals surface area contributed by atoms with Gasteiger partial charge in [-0.25, -0.2) is 0 Å². The lowest BCUT2D eigenvalue weighted by Gasteiger charge is -2.16. The summed E-state index contributed by atoms with van der Waals surface area (Å²) in [6.07, 6.45) is 0. The first kappa shape index (κ1) is 16.5. The number of ether oxygens (including phenoxy) is 2. The van der Waals surface area contributed by atoms with Crippen LogP contribution in [0.25, 0.3) is 0 Å². The molecule has 0 radical (unpaired) electrons. The van der Waals surface area contributed by atoms with Gasteiger partial charge in [-0.1, -0.05) is 12.1 Å². The Bertz CT molecular complexity index is 433. The van der Waals surface area contributed by atoms with Gasteiger partial charge < -0.3 is 19.7 Å². The van der Waals surface area contributed by atoms with E-state index in [1.54, 1.807) is 7.11 Å². The first-order valence-corrected chi connectivity index (χ1v) is 6.65. The molecule has 1 aromatic rings. The zero-order valence-corrected chi connectivity index (χ0v) is 12.7. The van der Waals surface area contributed by atoms with Gasteiger partial charge in [0.25, 0.3) is 0 Å². The number of methoxy groups -OCH3 is 1. The fourth-order valence-corrected chi connectivity index (χ4v) is 1.89. The van der Waals surface area contributed by atoms with E-state index in [0.29, 0.717) is 19.8 Å². The summed E-state index contributed by atoms with van der Waals surface area (Å²) in [5, 5.41) is 2.83. The van der Waals surface area contributed by atoms with Gasteiger partial charge in [0, 0.05) is 33.4 Å². The summed E-state index contributed by atoms with van der Waals surface area (Å²) >= 11 is 0. The molecule has 0 bridgehead atoms. The Morgan fingerprint density at radius 2 is 2.05 bits per heavy atom. The highest BCUT2D eigenvalue weighted by atomic mass is 16.5. The lowest BCUT2D eigenvalue weighted by Crippen LogP contribution is -2.27. The maximum absolute atomic E-state index is 11.6. The Morgan fingerprint density at radius 1 is 1.30 bits per heavy atom. The fourth-order valence-electron chi connectivity index (χ4n) is 1.89. The number of carbonyl (C=O) groups excluding carboxylic acids is 1. The monoisotopic (exact) mass is 280 g/mol. The number of nitrogens with zero attached hydrogens (tertiary/aromatic N) is 1. The quantitative estimate of drug-likeness (QED) is 0.730. The molecule has 0 heterocycles. The van der Waals surface area contributed by atoms with E-state index in [-0.39, 0.29) is 12.5 Å². The van der Waals surface area contributed by atoms with Gasteiger partial charge >= 0.3 is 0 Å². The number of hydrogen-bond acceptors (Lipinski definition) is 4. The minimum Gasteiger partial charge on any atom is -0.382 e. The van der Waals surface area contributed by atoms with Gasteiger partial charge in [-0.15, -0.1) is 0 Å². The number of carbonyl (C=O) groups is 1. The van der Waals surface area contributed by atoms with Crippen molar-refractivity contribution >= 4 is 11.6 Å². The maximum Gasteiger partial charge on any atom is 0.246 e. The molecule has 1 aromatic carbocycles. The Morgan fingerprint density at radius 3 is 2.65 bits per heavy atom. The number of hydrogen-bond donors (Lipinski definition) is 1. The molecule has 5 heteroatoms. The predicted octanol–water partition coefficient (Wildman–Crippen LogP) is 1.34. The van der Waals surface area contributed by atoms with Crippen molar-refractivity contribution in [1.29, 1.82) is 0 Å². The highest BCUT2D eigenvalue weighted by Crippen LogP contribution is 2.18. The second-order valence-corrected chi connectivity index (χ2v) is 4.84. The first-order chi connectivity index (χ1) is 9.54. The third-order valence-electron chi connectivity index (χ3n) is 2.90. The molecule has 5 nitrogen and oxygen atoms in total. The number of rotatable bonds is 8. The number of amides is 1. The number of aryl methyl sites for hydroxylation is 1. The molecule has 0 aliphatic carbocycles. The maximum atomic E-state index is 11.6. The van der Waals surface area contributed by atoms with Crippen molar-refractivity contribution in [2.45, 2.75) is 13.5 Å². The fraction of sp³-hybridized carbons (Fsp3) is 0.533. The zero-order chi connectivity index (χ0) is 15.0. The minimum absolute atomic E-state index is 0.0676. The molecular weight excluding hydrogens is 256 g/mol. The highest BCUT2D eigenvalue weighted by molar-refractivity contribution is 5.77. The molecular formula is C15H24N2O3. The Labute approximate surface area is 120 Å². The molecule has 0 aromatic heterocycles. The van der Waals surface area contributed by atoms with Gasteiger partial charge in [0.2, 0.25) is 5.91 Å². The van der Waals surface area contributed by atoms with Crippen LogP contribution >= 0.6 is 0 Å². The molecule has 112 valence electrons. The Kier molecular flexibility index (Phi) is 7.04. The summed E-state index contributed by atoms with van der Waals surface area (Å²) in [7, 11) is 5.63. The van der Waals surface area contributed by atoms with Crippen molar-refractivity contribution in [2.24, 2.45) is 0 Å². The molecule has 20 heavy (non-hydrogen) atoms. The summed E-state index contributed by atoms with van der Waals surface area (Å²) in [4.78, 5) is 13.6. The number of nitrogens with one attached hydrogen (secondary N) is 1. The van der Waals surface area contributed by atoms with Crippen molar-refractivity contribution in [2.75, 3.05) is 45.9 Å². The van der Waals surface area contributed by atoms with Gasteiger partial charge in [-0.3, -0.25) is 4.79 Å². The van der Waals surface area contributed by atoms with Crippen LogP contribution in [0.3, 0.4) is 0 Å². The number of anilines is 1. The molecule has 0 aliphatic heterocycles. The van der Waals surface area contributed by atoms with Crippen LogP contribution in [-0.4, -0.2) is 46.9 Å². The largest absolute Gasteiger partial charge is 0.382 e. The average Bonchev–Trinajstić information content (AvgIpc) is 2.41. The van der Waals surface area contributed by atoms with E-state index in [4.69, 9.17) is 9.47 Å². The zero-order valence-electron chi connectivity index (χ0n) is 12.7. The second kappa shape index (κ2) is 8.55. The molecule has 1 amide bonds. The van der Waals surface area contributed by atoms with Crippen molar-refractivity contribution in [3.05, 3.63) is 29.3 Å². The standard InChI is InChI=1S/C15H24N2O3/c1-12-9-13(5-6-14(12)17(2)3)10-16-15(18)11-20-8-7-19-4/h5-6,9H,7-8,10-11H2,1-4H3,(H,16,18). The molecule has 1 rings (SSSR count). The van der Waals surface area contributed by atoms with Crippen LogP contribution in [0.2, 0.25) is 0 Å². The molecule has 0 aliphatic rings. The van der Waals surface area contributed by atoms with Gasteiger partial charge in [0.1, 0.15) is 6.61 Å². The van der Waals surface area contributed by atoms with Gasteiger partial charge in [0.15, 0.2) is 0 Å². The smallest absolute Gasteiger partial charge is 0.246 e. The van der Waals surface area contributed by atoms with E-state index in [1.807, 2.05) is 20.2 Å². The molecule has 0 fully saturated rings. The van der Waals surface area contributed by atoms with Crippen molar-refractivity contribution in [1.82, 2.24) is 5.32 Å². The third-order valence-corrected chi connectivity index (χ3v) is 2.90. The predicted molar refractivity (Wildman–Crippen MR) is 80.0 cm³/mol. The van der Waals surface area contributed by atoms with E-state index in [1.165, 1.54) is 11.3 Å². The van der Waals surface area contributed by atoms with Crippen LogP contribution in [-0.2, 0) is 20.8 Å². The van der Waals surface area contributed by atoms with Gasteiger partial charge in [0.05, 0.1) is 13.2 Å². The van der Waals surface area contributed by atoms with Crippen molar-refractivity contribution in [3.8, 4) is 0 Å². The highest BCUT2D eigenvalue weighted by Gasteiger charge is 2.04. The Balaban J connectivity index is 2.38. The van der Waals surface area contributed by atoms with E-state index in [2.05, 4.69) is 29.3 Å². The third kappa shape index (κ3) is 5.59. The van der Waals surface area contributed by atoms with E-state index >= 15 is 0 Å². The van der Waals surface area contributed by atoms with Crippen LogP contribution in [0.4, 0.5) is 5.69 Å².